The Bertz CT molecular complexity index is 783. The number of piperidine rings is 1. The van der Waals surface area contributed by atoms with Crippen molar-refractivity contribution in [1.29, 1.82) is 0 Å². The van der Waals surface area contributed by atoms with E-state index in [0.29, 0.717) is 38.1 Å². The predicted molar refractivity (Wildman–Crippen MR) is 98.0 cm³/mol. The van der Waals surface area contributed by atoms with Gasteiger partial charge in [0.2, 0.25) is 0 Å². The Balaban J connectivity index is 2.08. The number of carbonyl (C=O) groups excluding carboxylic acids is 2. The Morgan fingerprint density at radius 3 is 2.42 bits per heavy atom. The number of nitrogens with zero attached hydrogens (tertiary/aromatic N) is 2. The molecule has 1 heterocycles. The lowest BCUT2D eigenvalue weighted by molar-refractivity contribution is 0.0603. The number of likely N-dealkylation sites (tertiary alicyclic amines) is 1. The monoisotopic (exact) mass is 382 g/mol. The van der Waals surface area contributed by atoms with Crippen LogP contribution >= 0.6 is 0 Å². The van der Waals surface area contributed by atoms with Gasteiger partial charge in [0.1, 0.15) is 0 Å². The van der Waals surface area contributed by atoms with Crippen LogP contribution in [0.25, 0.3) is 0 Å². The van der Waals surface area contributed by atoms with Crippen LogP contribution in [0.5, 0.6) is 0 Å². The van der Waals surface area contributed by atoms with E-state index in [9.17, 15) is 18.0 Å². The minimum absolute atomic E-state index is 0.0292. The number of benzene rings is 1. The zero-order valence-electron chi connectivity index (χ0n) is 15.7. The molecule has 0 spiro atoms. The van der Waals surface area contributed by atoms with E-state index in [1.807, 2.05) is 0 Å². The lowest BCUT2D eigenvalue weighted by Gasteiger charge is -2.36. The van der Waals surface area contributed by atoms with E-state index < -0.39 is 9.84 Å². The van der Waals surface area contributed by atoms with E-state index in [4.69, 9.17) is 4.74 Å². The number of sulfone groups is 1. The number of hydrogen-bond acceptors (Lipinski definition) is 5. The summed E-state index contributed by atoms with van der Waals surface area (Å²) in [6.07, 6.45) is 2.09. The van der Waals surface area contributed by atoms with Crippen LogP contribution in [0.4, 0.5) is 4.79 Å². The summed E-state index contributed by atoms with van der Waals surface area (Å²) >= 11 is 0. The molecule has 0 N–H and O–H groups in total. The van der Waals surface area contributed by atoms with Gasteiger partial charge < -0.3 is 14.5 Å². The highest BCUT2D eigenvalue weighted by Gasteiger charge is 2.29. The first-order valence-corrected chi connectivity index (χ1v) is 10.5. The Morgan fingerprint density at radius 1 is 1.27 bits per heavy atom. The number of carbonyl (C=O) groups is 2. The first-order valence-electron chi connectivity index (χ1n) is 8.64. The molecule has 1 aromatic rings. The fourth-order valence-corrected chi connectivity index (χ4v) is 3.71. The number of ether oxygens (including phenoxy) is 1. The molecule has 26 heavy (non-hydrogen) atoms. The Labute approximate surface area is 154 Å². The lowest BCUT2D eigenvalue weighted by atomic mass is 10.0. The highest BCUT2D eigenvalue weighted by Crippen LogP contribution is 2.21. The normalized spacial score (nSPS) is 15.6. The van der Waals surface area contributed by atoms with Crippen molar-refractivity contribution in [2.24, 2.45) is 0 Å². The predicted octanol–water partition coefficient (Wildman–Crippen LogP) is 2.09. The molecule has 0 bridgehead atoms. The zero-order chi connectivity index (χ0) is 19.5. The van der Waals surface area contributed by atoms with Gasteiger partial charge in [-0.05, 0) is 44.4 Å². The van der Waals surface area contributed by atoms with E-state index in [1.165, 1.54) is 12.1 Å². The van der Waals surface area contributed by atoms with Crippen molar-refractivity contribution in [1.82, 2.24) is 9.80 Å². The molecule has 1 fully saturated rings. The molecule has 8 heteroatoms. The van der Waals surface area contributed by atoms with E-state index in [0.717, 1.165) is 11.8 Å². The van der Waals surface area contributed by atoms with Gasteiger partial charge >= 0.3 is 6.09 Å². The fourth-order valence-electron chi connectivity index (χ4n) is 3.06. The highest BCUT2D eigenvalue weighted by atomic mass is 32.2. The van der Waals surface area contributed by atoms with Gasteiger partial charge in [-0.15, -0.1) is 0 Å². The van der Waals surface area contributed by atoms with E-state index in [-0.39, 0.29) is 22.9 Å². The van der Waals surface area contributed by atoms with Crippen LogP contribution in [0.1, 0.15) is 35.7 Å². The Kier molecular flexibility index (Phi) is 6.28. The molecular weight excluding hydrogens is 356 g/mol. The van der Waals surface area contributed by atoms with Crippen LogP contribution in [0.2, 0.25) is 0 Å². The van der Waals surface area contributed by atoms with Crippen molar-refractivity contribution in [3.8, 4) is 0 Å². The SMILES string of the molecule is CCOC(=O)N(C)C1CCN(C(=O)c2cc(S(C)(=O)=O)ccc2C)CC1. The summed E-state index contributed by atoms with van der Waals surface area (Å²) in [7, 11) is -1.66. The van der Waals surface area contributed by atoms with E-state index in [1.54, 1.807) is 36.8 Å². The van der Waals surface area contributed by atoms with Crippen molar-refractivity contribution in [3.63, 3.8) is 0 Å². The van der Waals surface area contributed by atoms with Crippen LogP contribution in [-0.2, 0) is 14.6 Å². The smallest absolute Gasteiger partial charge is 0.409 e. The first-order chi connectivity index (χ1) is 12.1. The summed E-state index contributed by atoms with van der Waals surface area (Å²) in [4.78, 5) is 28.1. The number of aryl methyl sites for hydroxylation is 1. The summed E-state index contributed by atoms with van der Waals surface area (Å²) in [5.74, 6) is -0.176. The van der Waals surface area contributed by atoms with Crippen LogP contribution < -0.4 is 0 Å². The molecule has 0 unspecified atom stereocenters. The Morgan fingerprint density at radius 2 is 1.88 bits per heavy atom. The Hall–Kier alpha value is -2.09. The van der Waals surface area contributed by atoms with Crippen LogP contribution in [0.15, 0.2) is 23.1 Å². The maximum Gasteiger partial charge on any atom is 0.409 e. The molecule has 2 amide bonds. The molecule has 7 nitrogen and oxygen atoms in total. The molecule has 0 saturated carbocycles. The van der Waals surface area contributed by atoms with Crippen LogP contribution in [-0.4, -0.2) is 69.3 Å². The quantitative estimate of drug-likeness (QED) is 0.796. The third-order valence-electron chi connectivity index (χ3n) is 4.72. The summed E-state index contributed by atoms with van der Waals surface area (Å²) in [6.45, 7) is 4.91. The van der Waals surface area contributed by atoms with Gasteiger partial charge in [-0.25, -0.2) is 13.2 Å². The largest absolute Gasteiger partial charge is 0.450 e. The maximum absolute atomic E-state index is 12.8. The number of amides is 2. The van der Waals surface area contributed by atoms with Gasteiger partial charge in [-0.2, -0.15) is 0 Å². The molecule has 1 aliphatic heterocycles. The molecule has 0 aromatic heterocycles. The zero-order valence-corrected chi connectivity index (χ0v) is 16.5. The fraction of sp³-hybridized carbons (Fsp3) is 0.556. The summed E-state index contributed by atoms with van der Waals surface area (Å²) < 4.78 is 28.5. The third kappa shape index (κ3) is 4.55. The molecule has 1 saturated heterocycles. The first kappa shape index (κ1) is 20.2. The maximum atomic E-state index is 12.8. The van der Waals surface area contributed by atoms with Gasteiger partial charge in [0.05, 0.1) is 11.5 Å². The second-order valence-corrected chi connectivity index (χ2v) is 8.60. The number of hydrogen-bond donors (Lipinski definition) is 0. The van der Waals surface area contributed by atoms with Crippen molar-refractivity contribution < 1.29 is 22.7 Å². The van der Waals surface area contributed by atoms with Gasteiger partial charge in [-0.3, -0.25) is 4.79 Å². The van der Waals surface area contributed by atoms with Gasteiger partial charge in [0.25, 0.3) is 5.91 Å². The van der Waals surface area contributed by atoms with Crippen molar-refractivity contribution in [2.75, 3.05) is 33.0 Å². The lowest BCUT2D eigenvalue weighted by Crippen LogP contribution is -2.47. The summed E-state index contributed by atoms with van der Waals surface area (Å²) in [5.41, 5.74) is 1.15. The minimum Gasteiger partial charge on any atom is -0.450 e. The van der Waals surface area contributed by atoms with E-state index in [2.05, 4.69) is 0 Å². The van der Waals surface area contributed by atoms with E-state index >= 15 is 0 Å². The molecule has 0 atom stereocenters. The number of rotatable bonds is 4. The molecular formula is C18H26N2O5S. The van der Waals surface area contributed by atoms with Crippen LogP contribution in [0.3, 0.4) is 0 Å². The van der Waals surface area contributed by atoms with Crippen molar-refractivity contribution in [3.05, 3.63) is 29.3 Å². The van der Waals surface area contributed by atoms with Gasteiger partial charge in [-0.1, -0.05) is 6.07 Å². The van der Waals surface area contributed by atoms with Crippen LogP contribution in [0, 0.1) is 6.92 Å². The van der Waals surface area contributed by atoms with Gasteiger partial charge in [0.15, 0.2) is 9.84 Å². The molecule has 1 aromatic carbocycles. The highest BCUT2D eigenvalue weighted by molar-refractivity contribution is 7.90. The third-order valence-corrected chi connectivity index (χ3v) is 5.83. The second-order valence-electron chi connectivity index (χ2n) is 6.58. The molecule has 0 aliphatic carbocycles. The molecule has 0 radical (unpaired) electrons. The molecule has 2 rings (SSSR count). The molecule has 1 aliphatic rings. The second kappa shape index (κ2) is 8.07. The topological polar surface area (TPSA) is 84.0 Å². The van der Waals surface area contributed by atoms with Gasteiger partial charge in [0, 0.05) is 38.0 Å². The summed E-state index contributed by atoms with van der Waals surface area (Å²) in [5, 5.41) is 0. The standard InChI is InChI=1S/C18H26N2O5S/c1-5-25-18(22)19(3)14-8-10-20(11-9-14)17(21)16-12-15(26(4,23)24)7-6-13(16)2/h6-7,12,14H,5,8-11H2,1-4H3. The average Bonchev–Trinajstić information content (AvgIpc) is 2.60. The minimum atomic E-state index is -3.37. The van der Waals surface area contributed by atoms with Crippen molar-refractivity contribution >= 4 is 21.8 Å². The molecule has 144 valence electrons. The average molecular weight is 382 g/mol. The summed E-state index contributed by atoms with van der Waals surface area (Å²) in [6, 6.07) is 4.65. The van der Waals surface area contributed by atoms with Crippen molar-refractivity contribution in [2.45, 2.75) is 37.6 Å².